The summed E-state index contributed by atoms with van der Waals surface area (Å²) in [5, 5.41) is 11.1. The first-order chi connectivity index (χ1) is 15.1. The van der Waals surface area contributed by atoms with Crippen LogP contribution in [0.2, 0.25) is 0 Å². The highest BCUT2D eigenvalue weighted by molar-refractivity contribution is 14.0. The normalized spacial score (nSPS) is 16.0. The fraction of sp³-hybridized carbons (Fsp3) is 0.304. The van der Waals surface area contributed by atoms with Gasteiger partial charge in [0, 0.05) is 51.2 Å². The average Bonchev–Trinajstić information content (AvgIpc) is 3.44. The van der Waals surface area contributed by atoms with Crippen molar-refractivity contribution in [3.05, 3.63) is 83.7 Å². The fourth-order valence-corrected chi connectivity index (χ4v) is 3.85. The first-order valence-corrected chi connectivity index (χ1v) is 10.3. The van der Waals surface area contributed by atoms with Crippen LogP contribution in [0.1, 0.15) is 17.5 Å². The molecule has 1 aliphatic heterocycles. The smallest absolute Gasteiger partial charge is 0.191 e. The molecule has 3 aromatic rings. The zero-order valence-corrected chi connectivity index (χ0v) is 20.2. The van der Waals surface area contributed by atoms with Gasteiger partial charge in [0.25, 0.3) is 0 Å². The van der Waals surface area contributed by atoms with Crippen LogP contribution in [-0.4, -0.2) is 41.9 Å². The Kier molecular flexibility index (Phi) is 8.43. The third kappa shape index (κ3) is 5.96. The third-order valence-electron chi connectivity index (χ3n) is 5.46. The van der Waals surface area contributed by atoms with Gasteiger partial charge in [-0.05, 0) is 35.7 Å². The molecule has 1 fully saturated rings. The van der Waals surface area contributed by atoms with Crippen molar-refractivity contribution in [1.29, 1.82) is 0 Å². The number of nitrogens with zero attached hydrogens (tertiary/aromatic N) is 4. The van der Waals surface area contributed by atoms with Gasteiger partial charge in [0.1, 0.15) is 11.6 Å². The fourth-order valence-electron chi connectivity index (χ4n) is 3.85. The Hall–Kier alpha value is -2.69. The summed E-state index contributed by atoms with van der Waals surface area (Å²) in [7, 11) is 1.73. The van der Waals surface area contributed by atoms with Gasteiger partial charge in [0.05, 0.1) is 12.2 Å². The van der Waals surface area contributed by atoms with Crippen LogP contribution in [0.5, 0.6) is 0 Å². The van der Waals surface area contributed by atoms with Crippen LogP contribution >= 0.6 is 24.0 Å². The van der Waals surface area contributed by atoms with Gasteiger partial charge in [-0.3, -0.25) is 9.67 Å². The van der Waals surface area contributed by atoms with Crippen LogP contribution in [0.15, 0.2) is 65.9 Å². The molecule has 1 aromatic heterocycles. The van der Waals surface area contributed by atoms with Gasteiger partial charge in [0.15, 0.2) is 5.96 Å². The number of aromatic nitrogens is 2. The van der Waals surface area contributed by atoms with E-state index in [0.29, 0.717) is 37.8 Å². The number of benzene rings is 2. The minimum atomic E-state index is -0.562. The summed E-state index contributed by atoms with van der Waals surface area (Å²) in [5.74, 6) is -0.398. The first kappa shape index (κ1) is 24.0. The van der Waals surface area contributed by atoms with Crippen LogP contribution in [-0.2, 0) is 13.1 Å². The van der Waals surface area contributed by atoms with Crippen LogP contribution in [0.3, 0.4) is 0 Å². The Morgan fingerprint density at radius 2 is 1.97 bits per heavy atom. The third-order valence-corrected chi connectivity index (χ3v) is 5.46. The van der Waals surface area contributed by atoms with E-state index in [1.807, 2.05) is 34.0 Å². The minimum Gasteiger partial charge on any atom is -0.367 e. The topological polar surface area (TPSA) is 57.5 Å². The molecule has 1 unspecified atom stereocenters. The average molecular weight is 552 g/mol. The number of hydrogen-bond donors (Lipinski definition) is 2. The highest BCUT2D eigenvalue weighted by Crippen LogP contribution is 2.24. The molecule has 32 heavy (non-hydrogen) atoms. The van der Waals surface area contributed by atoms with Gasteiger partial charge >= 0.3 is 0 Å². The Morgan fingerprint density at radius 3 is 2.69 bits per heavy atom. The predicted octanol–water partition coefficient (Wildman–Crippen LogP) is 3.77. The molecule has 0 bridgehead atoms. The molecule has 9 heteroatoms. The Bertz CT molecular complexity index is 1040. The lowest BCUT2D eigenvalue weighted by Crippen LogP contribution is -2.44. The van der Waals surface area contributed by atoms with Crippen molar-refractivity contribution in [1.82, 2.24) is 20.4 Å². The Balaban J connectivity index is 0.00000289. The summed E-state index contributed by atoms with van der Waals surface area (Å²) in [6.07, 6.45) is 4.56. The van der Waals surface area contributed by atoms with Crippen LogP contribution in [0.25, 0.3) is 0 Å². The molecular formula is C23H27F2IN6. The van der Waals surface area contributed by atoms with E-state index in [0.717, 1.165) is 12.5 Å². The van der Waals surface area contributed by atoms with E-state index in [1.165, 1.54) is 23.3 Å². The number of guanidine groups is 1. The molecule has 2 aromatic carbocycles. The first-order valence-electron chi connectivity index (χ1n) is 10.3. The maximum Gasteiger partial charge on any atom is 0.191 e. The summed E-state index contributed by atoms with van der Waals surface area (Å²) >= 11 is 0. The number of anilines is 1. The molecule has 6 nitrogen and oxygen atoms in total. The monoisotopic (exact) mass is 552 g/mol. The molecule has 0 radical (unpaired) electrons. The second kappa shape index (κ2) is 11.3. The largest absolute Gasteiger partial charge is 0.367 e. The van der Waals surface area contributed by atoms with Crippen molar-refractivity contribution in [3.8, 4) is 0 Å². The summed E-state index contributed by atoms with van der Waals surface area (Å²) in [6, 6.07) is 14.0. The van der Waals surface area contributed by atoms with E-state index in [9.17, 15) is 8.78 Å². The zero-order valence-electron chi connectivity index (χ0n) is 17.8. The van der Waals surface area contributed by atoms with Crippen molar-refractivity contribution >= 4 is 35.6 Å². The summed E-state index contributed by atoms with van der Waals surface area (Å²) in [6.45, 7) is 2.65. The van der Waals surface area contributed by atoms with E-state index in [-0.39, 0.29) is 30.0 Å². The van der Waals surface area contributed by atoms with Crippen molar-refractivity contribution in [3.63, 3.8) is 0 Å². The van der Waals surface area contributed by atoms with E-state index < -0.39 is 11.6 Å². The van der Waals surface area contributed by atoms with E-state index in [4.69, 9.17) is 0 Å². The van der Waals surface area contributed by atoms with Crippen molar-refractivity contribution in [2.75, 3.05) is 25.0 Å². The molecule has 0 amide bonds. The number of nitrogens with one attached hydrogen (secondary N) is 2. The van der Waals surface area contributed by atoms with Gasteiger partial charge in [-0.15, -0.1) is 24.0 Å². The highest BCUT2D eigenvalue weighted by Gasteiger charge is 2.25. The zero-order chi connectivity index (χ0) is 21.6. The molecule has 2 heterocycles. The second-order valence-electron chi connectivity index (χ2n) is 7.57. The van der Waals surface area contributed by atoms with Gasteiger partial charge < -0.3 is 15.5 Å². The Labute approximate surface area is 203 Å². The number of aliphatic imine (C=N–C) groups is 1. The number of rotatable bonds is 6. The highest BCUT2D eigenvalue weighted by atomic mass is 127. The van der Waals surface area contributed by atoms with Crippen LogP contribution < -0.4 is 15.5 Å². The van der Waals surface area contributed by atoms with Gasteiger partial charge in [0.2, 0.25) is 0 Å². The molecule has 1 atom stereocenters. The van der Waals surface area contributed by atoms with Crippen LogP contribution in [0, 0.1) is 11.6 Å². The molecule has 0 saturated carbocycles. The van der Waals surface area contributed by atoms with E-state index >= 15 is 0 Å². The lowest BCUT2D eigenvalue weighted by molar-refractivity contribution is 0.580. The second-order valence-corrected chi connectivity index (χ2v) is 7.57. The molecule has 170 valence electrons. The number of halogens is 3. The molecule has 2 N–H and O–H groups in total. The summed E-state index contributed by atoms with van der Waals surface area (Å²) < 4.78 is 29.2. The maximum atomic E-state index is 14.1. The molecule has 0 aliphatic carbocycles. The van der Waals surface area contributed by atoms with Crippen molar-refractivity contribution in [2.24, 2.45) is 4.99 Å². The molecule has 0 spiro atoms. The van der Waals surface area contributed by atoms with Crippen LogP contribution in [0.4, 0.5) is 14.5 Å². The quantitative estimate of drug-likeness (QED) is 0.278. The van der Waals surface area contributed by atoms with E-state index in [2.05, 4.69) is 32.9 Å². The van der Waals surface area contributed by atoms with Crippen molar-refractivity contribution < 1.29 is 8.78 Å². The standard InChI is InChI=1S/C23H26F2N6.HI/c1-26-23(27-14-17-5-2-3-6-18(17)15-31-11-4-10-28-31)29-20-9-12-30(16-20)22-8-7-19(24)13-21(22)25;/h2-8,10-11,13,20H,9,12,14-16H2,1H3,(H2,26,27,29);1H. The molecule has 1 saturated heterocycles. The summed E-state index contributed by atoms with van der Waals surface area (Å²) in [5.41, 5.74) is 2.79. The van der Waals surface area contributed by atoms with Crippen molar-refractivity contribution in [2.45, 2.75) is 25.6 Å². The number of hydrogen-bond acceptors (Lipinski definition) is 3. The lowest BCUT2D eigenvalue weighted by atomic mass is 10.1. The minimum absolute atomic E-state index is 0. The Morgan fingerprint density at radius 1 is 1.16 bits per heavy atom. The molecule has 1 aliphatic rings. The lowest BCUT2D eigenvalue weighted by Gasteiger charge is -2.21. The van der Waals surface area contributed by atoms with E-state index in [1.54, 1.807) is 13.2 Å². The molecular weight excluding hydrogens is 525 g/mol. The SMILES string of the molecule is CN=C(NCc1ccccc1Cn1cccn1)NC1CCN(c2ccc(F)cc2F)C1.I. The maximum absolute atomic E-state index is 14.1. The van der Waals surface area contributed by atoms with Gasteiger partial charge in [-0.2, -0.15) is 5.10 Å². The molecule has 4 rings (SSSR count). The van der Waals surface area contributed by atoms with Gasteiger partial charge in [-0.25, -0.2) is 8.78 Å². The summed E-state index contributed by atoms with van der Waals surface area (Å²) in [4.78, 5) is 6.26. The van der Waals surface area contributed by atoms with Gasteiger partial charge in [-0.1, -0.05) is 24.3 Å². The predicted molar refractivity (Wildman–Crippen MR) is 133 cm³/mol.